The van der Waals surface area contributed by atoms with E-state index in [4.69, 9.17) is 4.74 Å². The summed E-state index contributed by atoms with van der Waals surface area (Å²) >= 11 is 0. The van der Waals surface area contributed by atoms with E-state index in [1.165, 1.54) is 0 Å². The van der Waals surface area contributed by atoms with Crippen LogP contribution in [0, 0.1) is 6.92 Å². The van der Waals surface area contributed by atoms with E-state index in [0.717, 1.165) is 17.2 Å². The minimum Gasteiger partial charge on any atom is -0.476 e. The number of aryl methyl sites for hydroxylation is 1. The fourth-order valence-corrected chi connectivity index (χ4v) is 1.65. The van der Waals surface area contributed by atoms with E-state index in [1.54, 1.807) is 11.0 Å². The lowest BCUT2D eigenvalue weighted by Crippen LogP contribution is -2.05. The van der Waals surface area contributed by atoms with Crippen LogP contribution in [0.4, 0.5) is 0 Å². The van der Waals surface area contributed by atoms with E-state index in [1.807, 2.05) is 26.0 Å². The van der Waals surface area contributed by atoms with Crippen molar-refractivity contribution in [3.05, 3.63) is 30.0 Å². The molecule has 18 heavy (non-hydrogen) atoms. The van der Waals surface area contributed by atoms with Gasteiger partial charge in [-0.2, -0.15) is 5.10 Å². The molecule has 0 aromatic carbocycles. The standard InChI is InChI=1S/C13H18N4O/c1-5-18-13-12(17-8-14-10(4)16-17)7-6-11(15-13)9(2)3/h6-9H,5H2,1-4H3. The van der Waals surface area contributed by atoms with E-state index in [-0.39, 0.29) is 0 Å². The van der Waals surface area contributed by atoms with Crippen LogP contribution in [0.15, 0.2) is 18.5 Å². The lowest BCUT2D eigenvalue weighted by Gasteiger charge is -2.12. The maximum absolute atomic E-state index is 5.59. The zero-order valence-corrected chi connectivity index (χ0v) is 11.2. The average molecular weight is 246 g/mol. The van der Waals surface area contributed by atoms with Crippen molar-refractivity contribution < 1.29 is 4.74 Å². The van der Waals surface area contributed by atoms with Crippen molar-refractivity contribution in [2.45, 2.75) is 33.6 Å². The SMILES string of the molecule is CCOc1nc(C(C)C)ccc1-n1cnc(C)n1. The molecule has 2 aromatic rings. The van der Waals surface area contributed by atoms with E-state index < -0.39 is 0 Å². The predicted molar refractivity (Wildman–Crippen MR) is 69.1 cm³/mol. The molecule has 0 aliphatic carbocycles. The molecule has 0 saturated heterocycles. The minimum atomic E-state index is 0.371. The Kier molecular flexibility index (Phi) is 3.60. The Bertz CT molecular complexity index is 534. The summed E-state index contributed by atoms with van der Waals surface area (Å²) in [6.45, 7) is 8.59. The molecule has 0 atom stereocenters. The van der Waals surface area contributed by atoms with Crippen LogP contribution in [0.2, 0.25) is 0 Å². The van der Waals surface area contributed by atoms with Gasteiger partial charge in [-0.3, -0.25) is 0 Å². The van der Waals surface area contributed by atoms with E-state index in [2.05, 4.69) is 28.9 Å². The Morgan fingerprint density at radius 3 is 2.67 bits per heavy atom. The van der Waals surface area contributed by atoms with Crippen molar-refractivity contribution >= 4 is 0 Å². The highest BCUT2D eigenvalue weighted by molar-refractivity contribution is 5.42. The van der Waals surface area contributed by atoms with Crippen LogP contribution >= 0.6 is 0 Å². The number of pyridine rings is 1. The van der Waals surface area contributed by atoms with Gasteiger partial charge >= 0.3 is 0 Å². The van der Waals surface area contributed by atoms with Gasteiger partial charge in [0.25, 0.3) is 0 Å². The summed E-state index contributed by atoms with van der Waals surface area (Å²) in [6.07, 6.45) is 1.67. The lowest BCUT2D eigenvalue weighted by molar-refractivity contribution is 0.323. The third kappa shape index (κ3) is 2.50. The van der Waals surface area contributed by atoms with Gasteiger partial charge in [0.05, 0.1) is 6.61 Å². The Hall–Kier alpha value is -1.91. The van der Waals surface area contributed by atoms with Crippen molar-refractivity contribution in [3.8, 4) is 11.6 Å². The van der Waals surface area contributed by atoms with Crippen LogP contribution in [0.5, 0.6) is 5.88 Å². The molecule has 0 radical (unpaired) electrons. The molecular formula is C13H18N4O. The third-order valence-corrected chi connectivity index (χ3v) is 2.59. The molecule has 2 heterocycles. The molecular weight excluding hydrogens is 228 g/mol. The van der Waals surface area contributed by atoms with Gasteiger partial charge in [0, 0.05) is 5.69 Å². The summed E-state index contributed by atoms with van der Waals surface area (Å²) < 4.78 is 7.28. The van der Waals surface area contributed by atoms with Gasteiger partial charge in [-0.15, -0.1) is 0 Å². The van der Waals surface area contributed by atoms with Crippen LogP contribution in [-0.4, -0.2) is 26.4 Å². The molecule has 0 bridgehead atoms. The number of nitrogens with zero attached hydrogens (tertiary/aromatic N) is 4. The Balaban J connectivity index is 2.46. The maximum atomic E-state index is 5.59. The first-order valence-corrected chi connectivity index (χ1v) is 6.14. The zero-order chi connectivity index (χ0) is 13.1. The normalized spacial score (nSPS) is 10.9. The quantitative estimate of drug-likeness (QED) is 0.831. The fourth-order valence-electron chi connectivity index (χ4n) is 1.65. The Morgan fingerprint density at radius 2 is 2.11 bits per heavy atom. The molecule has 0 saturated carbocycles. The van der Waals surface area contributed by atoms with Gasteiger partial charge in [0.1, 0.15) is 17.8 Å². The first-order chi connectivity index (χ1) is 8.61. The molecule has 5 heteroatoms. The highest BCUT2D eigenvalue weighted by Crippen LogP contribution is 2.23. The topological polar surface area (TPSA) is 52.8 Å². The van der Waals surface area contributed by atoms with Crippen LogP contribution in [0.3, 0.4) is 0 Å². The Labute approximate surface area is 107 Å². The van der Waals surface area contributed by atoms with Crippen molar-refractivity contribution in [1.82, 2.24) is 19.7 Å². The largest absolute Gasteiger partial charge is 0.476 e. The first kappa shape index (κ1) is 12.5. The van der Waals surface area contributed by atoms with Gasteiger partial charge in [-0.25, -0.2) is 14.6 Å². The molecule has 2 aromatic heterocycles. The second-order valence-electron chi connectivity index (χ2n) is 4.38. The molecule has 96 valence electrons. The Morgan fingerprint density at radius 1 is 1.33 bits per heavy atom. The monoisotopic (exact) mass is 246 g/mol. The maximum Gasteiger partial charge on any atom is 0.240 e. The number of hydrogen-bond donors (Lipinski definition) is 0. The van der Waals surface area contributed by atoms with E-state index >= 15 is 0 Å². The van der Waals surface area contributed by atoms with Crippen molar-refractivity contribution in [3.63, 3.8) is 0 Å². The van der Waals surface area contributed by atoms with Gasteiger partial charge in [-0.1, -0.05) is 13.8 Å². The van der Waals surface area contributed by atoms with Gasteiger partial charge < -0.3 is 4.74 Å². The number of hydrogen-bond acceptors (Lipinski definition) is 4. The molecule has 5 nitrogen and oxygen atoms in total. The molecule has 0 unspecified atom stereocenters. The number of rotatable bonds is 4. The summed E-state index contributed by atoms with van der Waals surface area (Å²) in [5.41, 5.74) is 1.83. The van der Waals surface area contributed by atoms with Crippen LogP contribution in [0.1, 0.15) is 38.2 Å². The predicted octanol–water partition coefficient (Wildman–Crippen LogP) is 2.49. The summed E-state index contributed by atoms with van der Waals surface area (Å²) in [7, 11) is 0. The highest BCUT2D eigenvalue weighted by Gasteiger charge is 2.11. The van der Waals surface area contributed by atoms with Crippen LogP contribution in [0.25, 0.3) is 5.69 Å². The summed E-state index contributed by atoms with van der Waals surface area (Å²) in [4.78, 5) is 8.66. The lowest BCUT2D eigenvalue weighted by atomic mass is 10.1. The molecule has 0 N–H and O–H groups in total. The van der Waals surface area contributed by atoms with Gasteiger partial charge in [0.15, 0.2) is 0 Å². The van der Waals surface area contributed by atoms with E-state index in [0.29, 0.717) is 18.4 Å². The molecule has 0 fully saturated rings. The number of aromatic nitrogens is 4. The summed E-state index contributed by atoms with van der Waals surface area (Å²) in [5.74, 6) is 1.70. The second-order valence-corrected chi connectivity index (χ2v) is 4.38. The van der Waals surface area contributed by atoms with Gasteiger partial charge in [0.2, 0.25) is 5.88 Å². The zero-order valence-electron chi connectivity index (χ0n) is 11.2. The summed E-state index contributed by atoms with van der Waals surface area (Å²) in [6, 6.07) is 3.97. The van der Waals surface area contributed by atoms with Crippen molar-refractivity contribution in [2.24, 2.45) is 0 Å². The van der Waals surface area contributed by atoms with Crippen LogP contribution in [-0.2, 0) is 0 Å². The molecule has 0 aliphatic heterocycles. The van der Waals surface area contributed by atoms with Crippen LogP contribution < -0.4 is 4.74 Å². The third-order valence-electron chi connectivity index (χ3n) is 2.59. The second kappa shape index (κ2) is 5.16. The smallest absolute Gasteiger partial charge is 0.240 e. The molecule has 0 aliphatic rings. The average Bonchev–Trinajstić information content (AvgIpc) is 2.76. The van der Waals surface area contributed by atoms with E-state index in [9.17, 15) is 0 Å². The highest BCUT2D eigenvalue weighted by atomic mass is 16.5. The molecule has 0 spiro atoms. The fraction of sp³-hybridized carbons (Fsp3) is 0.462. The minimum absolute atomic E-state index is 0.371. The van der Waals surface area contributed by atoms with Gasteiger partial charge in [-0.05, 0) is 31.9 Å². The molecule has 2 rings (SSSR count). The number of ether oxygens (including phenoxy) is 1. The summed E-state index contributed by atoms with van der Waals surface area (Å²) in [5, 5.41) is 4.28. The van der Waals surface area contributed by atoms with Crippen molar-refractivity contribution in [2.75, 3.05) is 6.61 Å². The first-order valence-electron chi connectivity index (χ1n) is 6.14. The van der Waals surface area contributed by atoms with Crippen molar-refractivity contribution in [1.29, 1.82) is 0 Å². The molecule has 0 amide bonds.